The molecule has 31 heavy (non-hydrogen) atoms. The minimum Gasteiger partial charge on any atom is -0.508 e. The summed E-state index contributed by atoms with van der Waals surface area (Å²) in [6.07, 6.45) is 1.67. The van der Waals surface area contributed by atoms with Crippen LogP contribution in [0.25, 0.3) is 11.0 Å². The summed E-state index contributed by atoms with van der Waals surface area (Å²) in [5, 5.41) is 13.2. The minimum atomic E-state index is -0.403. The number of carbonyl (C=O) groups is 1. The molecule has 0 saturated carbocycles. The summed E-state index contributed by atoms with van der Waals surface area (Å²) in [6.45, 7) is 4.40. The second-order valence-corrected chi connectivity index (χ2v) is 6.90. The number of aromatic hydroxyl groups is 1. The number of aromatic nitrogens is 1. The Morgan fingerprint density at radius 1 is 1.13 bits per heavy atom. The third-order valence-corrected chi connectivity index (χ3v) is 4.51. The van der Waals surface area contributed by atoms with Crippen LogP contribution in [0.2, 0.25) is 0 Å². The van der Waals surface area contributed by atoms with E-state index >= 15 is 0 Å². The van der Waals surface area contributed by atoms with Crippen LogP contribution in [0.1, 0.15) is 22.8 Å². The molecule has 2 N–H and O–H groups in total. The van der Waals surface area contributed by atoms with Crippen molar-refractivity contribution < 1.29 is 19.1 Å². The molecule has 2 heterocycles. The Labute approximate surface area is 178 Å². The number of anilines is 1. The van der Waals surface area contributed by atoms with Crippen LogP contribution in [-0.4, -0.2) is 22.6 Å². The first kappa shape index (κ1) is 20.2. The highest BCUT2D eigenvalue weighted by Crippen LogP contribution is 2.21. The van der Waals surface area contributed by atoms with Gasteiger partial charge in [-0.15, -0.1) is 0 Å². The monoisotopic (exact) mass is 415 g/mol. The number of nitrogens with zero attached hydrogens (tertiary/aromatic N) is 2. The number of hydrogen-bond donors (Lipinski definition) is 2. The molecular formula is C24H21N3O4. The molecule has 4 aromatic rings. The number of fused-ring (bicyclic) bond motifs is 1. The molecule has 2 aromatic heterocycles. The lowest BCUT2D eigenvalue weighted by atomic mass is 10.1. The van der Waals surface area contributed by atoms with Crippen molar-refractivity contribution in [3.63, 3.8) is 0 Å². The van der Waals surface area contributed by atoms with E-state index in [4.69, 9.17) is 9.15 Å². The predicted octanol–water partition coefficient (Wildman–Crippen LogP) is 4.73. The quantitative estimate of drug-likeness (QED) is 0.491. The van der Waals surface area contributed by atoms with Gasteiger partial charge in [-0.3, -0.25) is 4.79 Å². The van der Waals surface area contributed by atoms with E-state index < -0.39 is 5.91 Å². The van der Waals surface area contributed by atoms with Gasteiger partial charge in [-0.1, -0.05) is 6.07 Å². The summed E-state index contributed by atoms with van der Waals surface area (Å²) < 4.78 is 11.3. The molecule has 7 nitrogen and oxygen atoms in total. The molecule has 0 bridgehead atoms. The van der Waals surface area contributed by atoms with Crippen molar-refractivity contribution in [1.29, 1.82) is 0 Å². The van der Waals surface area contributed by atoms with E-state index in [-0.39, 0.29) is 16.9 Å². The normalized spacial score (nSPS) is 11.5. The largest absolute Gasteiger partial charge is 0.508 e. The smallest absolute Gasteiger partial charge is 0.262 e. The number of amides is 1. The molecule has 0 spiro atoms. The maximum atomic E-state index is 13.0. The summed E-state index contributed by atoms with van der Waals surface area (Å²) >= 11 is 0. The van der Waals surface area contributed by atoms with Gasteiger partial charge in [-0.25, -0.2) is 9.98 Å². The van der Waals surface area contributed by atoms with E-state index in [0.29, 0.717) is 29.1 Å². The van der Waals surface area contributed by atoms with Crippen LogP contribution in [0.3, 0.4) is 0 Å². The zero-order valence-corrected chi connectivity index (χ0v) is 17.1. The van der Waals surface area contributed by atoms with E-state index in [1.807, 2.05) is 19.9 Å². The number of hydrogen-bond acceptors (Lipinski definition) is 6. The molecule has 1 amide bonds. The summed E-state index contributed by atoms with van der Waals surface area (Å²) in [7, 11) is 0. The Kier molecular flexibility index (Phi) is 5.66. The molecule has 2 aromatic carbocycles. The molecule has 156 valence electrons. The van der Waals surface area contributed by atoms with Crippen molar-refractivity contribution in [2.24, 2.45) is 4.99 Å². The number of nitrogens with one attached hydrogen (secondary N) is 1. The first-order valence-corrected chi connectivity index (χ1v) is 9.80. The van der Waals surface area contributed by atoms with E-state index in [2.05, 4.69) is 15.3 Å². The Bertz CT molecular complexity index is 1290. The van der Waals surface area contributed by atoms with Gasteiger partial charge >= 0.3 is 0 Å². The molecule has 0 atom stereocenters. The van der Waals surface area contributed by atoms with Crippen molar-refractivity contribution in [3.8, 4) is 11.5 Å². The van der Waals surface area contributed by atoms with Gasteiger partial charge in [0.25, 0.3) is 5.91 Å². The van der Waals surface area contributed by atoms with Crippen LogP contribution in [0.5, 0.6) is 11.5 Å². The van der Waals surface area contributed by atoms with Crippen LogP contribution in [0.15, 0.2) is 76.3 Å². The standard InChI is InChI=1S/C24H21N3O4/c1-3-30-19-9-6-17(7-10-19)26-24-20(12-16-5-8-18(28)13-21(16)31-24)23(29)27-22-11-4-15(2)14-25-22/h4-14,28H,3H2,1-2H3,(H,25,27,29). The van der Waals surface area contributed by atoms with Gasteiger partial charge < -0.3 is 19.6 Å². The van der Waals surface area contributed by atoms with Crippen LogP contribution in [-0.2, 0) is 0 Å². The summed E-state index contributed by atoms with van der Waals surface area (Å²) in [5.41, 5.74) is 2.36. The second-order valence-electron chi connectivity index (χ2n) is 6.90. The van der Waals surface area contributed by atoms with Gasteiger partial charge in [0.1, 0.15) is 28.5 Å². The minimum absolute atomic E-state index is 0.0596. The van der Waals surface area contributed by atoms with E-state index in [0.717, 1.165) is 11.3 Å². The lowest BCUT2D eigenvalue weighted by molar-refractivity contribution is 0.102. The molecule has 0 fully saturated rings. The summed E-state index contributed by atoms with van der Waals surface area (Å²) in [4.78, 5) is 21.8. The zero-order chi connectivity index (χ0) is 21.8. The lowest BCUT2D eigenvalue weighted by Crippen LogP contribution is -2.22. The first-order valence-electron chi connectivity index (χ1n) is 9.80. The van der Waals surface area contributed by atoms with Crippen molar-refractivity contribution in [2.75, 3.05) is 11.9 Å². The Morgan fingerprint density at radius 3 is 2.65 bits per heavy atom. The van der Waals surface area contributed by atoms with E-state index in [9.17, 15) is 9.90 Å². The average molecular weight is 415 g/mol. The van der Waals surface area contributed by atoms with Crippen LogP contribution >= 0.6 is 0 Å². The van der Waals surface area contributed by atoms with Gasteiger partial charge in [0.15, 0.2) is 0 Å². The molecule has 0 radical (unpaired) electrons. The van der Waals surface area contributed by atoms with Gasteiger partial charge in [-0.05, 0) is 67.9 Å². The van der Waals surface area contributed by atoms with Gasteiger partial charge in [0.05, 0.1) is 12.3 Å². The number of ether oxygens (including phenoxy) is 1. The van der Waals surface area contributed by atoms with Gasteiger partial charge in [0.2, 0.25) is 5.55 Å². The maximum absolute atomic E-state index is 13.0. The fraction of sp³-hybridized carbons (Fsp3) is 0.125. The summed E-state index contributed by atoms with van der Waals surface area (Å²) in [5.74, 6) is 0.808. The molecular weight excluding hydrogens is 394 g/mol. The maximum Gasteiger partial charge on any atom is 0.262 e. The Hall–Kier alpha value is -4.13. The van der Waals surface area contributed by atoms with E-state index in [1.54, 1.807) is 48.7 Å². The van der Waals surface area contributed by atoms with Crippen molar-refractivity contribution in [2.45, 2.75) is 13.8 Å². The Morgan fingerprint density at radius 2 is 1.94 bits per heavy atom. The SMILES string of the molecule is CCOc1ccc(N=c2oc3cc(O)ccc3cc2C(=O)Nc2ccc(C)cn2)cc1. The number of carbonyl (C=O) groups excluding carboxylic acids is 1. The van der Waals surface area contributed by atoms with Crippen LogP contribution < -0.4 is 15.6 Å². The first-order chi connectivity index (χ1) is 15.0. The van der Waals surface area contributed by atoms with Crippen LogP contribution in [0, 0.1) is 6.92 Å². The molecule has 0 aliphatic heterocycles. The number of phenolic OH excluding ortho intramolecular Hbond substituents is 1. The lowest BCUT2D eigenvalue weighted by Gasteiger charge is -2.07. The highest BCUT2D eigenvalue weighted by molar-refractivity contribution is 6.05. The van der Waals surface area contributed by atoms with Gasteiger partial charge in [-0.2, -0.15) is 0 Å². The number of phenols is 1. The van der Waals surface area contributed by atoms with Crippen molar-refractivity contribution >= 4 is 28.4 Å². The van der Waals surface area contributed by atoms with Crippen LogP contribution in [0.4, 0.5) is 11.5 Å². The number of aryl methyl sites for hydroxylation is 1. The molecule has 0 unspecified atom stereocenters. The average Bonchev–Trinajstić information content (AvgIpc) is 2.76. The zero-order valence-electron chi connectivity index (χ0n) is 17.1. The fourth-order valence-corrected chi connectivity index (χ4v) is 2.98. The molecule has 7 heteroatoms. The number of rotatable bonds is 5. The second kappa shape index (κ2) is 8.71. The highest BCUT2D eigenvalue weighted by Gasteiger charge is 2.14. The van der Waals surface area contributed by atoms with Crippen molar-refractivity contribution in [3.05, 3.63) is 83.5 Å². The molecule has 4 rings (SSSR count). The highest BCUT2D eigenvalue weighted by atomic mass is 16.5. The fourth-order valence-electron chi connectivity index (χ4n) is 2.98. The Balaban J connectivity index is 1.79. The van der Waals surface area contributed by atoms with E-state index in [1.165, 1.54) is 12.1 Å². The number of benzene rings is 2. The summed E-state index contributed by atoms with van der Waals surface area (Å²) in [6, 6.07) is 17.1. The van der Waals surface area contributed by atoms with Crippen molar-refractivity contribution in [1.82, 2.24) is 4.98 Å². The number of pyridine rings is 1. The third kappa shape index (κ3) is 4.72. The molecule has 0 aliphatic carbocycles. The predicted molar refractivity (Wildman–Crippen MR) is 118 cm³/mol. The molecule has 0 aliphatic rings. The topological polar surface area (TPSA) is 97.0 Å². The van der Waals surface area contributed by atoms with Gasteiger partial charge in [0, 0.05) is 17.6 Å². The third-order valence-electron chi connectivity index (χ3n) is 4.51. The molecule has 0 saturated heterocycles.